The lowest BCUT2D eigenvalue weighted by atomic mass is 10.2. The maximum absolute atomic E-state index is 12.7. The lowest BCUT2D eigenvalue weighted by Gasteiger charge is -2.18. The molecule has 1 heterocycles. The molecular weight excluding hydrogens is 422 g/mol. The Morgan fingerprint density at radius 2 is 1.84 bits per heavy atom. The number of hydrogen-bond donors (Lipinski definition) is 1. The Balaban J connectivity index is 1.78. The maximum Gasteiger partial charge on any atom is 0.269 e. The van der Waals surface area contributed by atoms with E-state index in [2.05, 4.69) is 10.4 Å². The van der Waals surface area contributed by atoms with Gasteiger partial charge in [-0.1, -0.05) is 19.9 Å². The summed E-state index contributed by atoms with van der Waals surface area (Å²) in [6, 6.07) is 11.8. The summed E-state index contributed by atoms with van der Waals surface area (Å²) in [5, 5.41) is 17.5. The van der Waals surface area contributed by atoms with Crippen molar-refractivity contribution in [3.05, 3.63) is 76.6 Å². The number of amides is 1. The fourth-order valence-electron chi connectivity index (χ4n) is 2.96. The molecule has 162 valence electrons. The van der Waals surface area contributed by atoms with Gasteiger partial charge in [0.25, 0.3) is 11.6 Å². The van der Waals surface area contributed by atoms with Crippen LogP contribution in [0.25, 0.3) is 5.69 Å². The third-order valence-corrected chi connectivity index (χ3v) is 6.65. The van der Waals surface area contributed by atoms with Gasteiger partial charge >= 0.3 is 0 Å². The molecule has 0 aliphatic rings. The number of carbonyl (C=O) groups is 1. The largest absolute Gasteiger partial charge is 0.322 e. The second-order valence-electron chi connectivity index (χ2n) is 6.52. The average Bonchev–Trinajstić information content (AvgIpc) is 3.25. The molecule has 0 saturated heterocycles. The number of sulfonamides is 1. The van der Waals surface area contributed by atoms with Crippen LogP contribution >= 0.6 is 0 Å². The molecule has 10 nitrogen and oxygen atoms in total. The first-order valence-electron chi connectivity index (χ1n) is 9.47. The van der Waals surface area contributed by atoms with Crippen LogP contribution in [0.5, 0.6) is 0 Å². The first-order valence-corrected chi connectivity index (χ1v) is 10.9. The Hall–Kier alpha value is -3.57. The van der Waals surface area contributed by atoms with E-state index in [0.29, 0.717) is 24.5 Å². The van der Waals surface area contributed by atoms with Gasteiger partial charge in [0.15, 0.2) is 0 Å². The lowest BCUT2D eigenvalue weighted by Crippen LogP contribution is -2.30. The first-order chi connectivity index (χ1) is 14.8. The van der Waals surface area contributed by atoms with Crippen LogP contribution in [-0.4, -0.2) is 46.4 Å². The zero-order valence-electron chi connectivity index (χ0n) is 16.9. The van der Waals surface area contributed by atoms with Crippen LogP contribution in [0.15, 0.2) is 65.8 Å². The molecule has 0 unspecified atom stereocenters. The SMILES string of the molecule is CCN(CC)S(=O)(=O)c1cccc(NC(=O)c2cnn(-c3ccc([N+](=O)[O-])cc3)c2)c1. The van der Waals surface area contributed by atoms with Crippen LogP contribution in [0.3, 0.4) is 0 Å². The summed E-state index contributed by atoms with van der Waals surface area (Å²) < 4.78 is 28.1. The van der Waals surface area contributed by atoms with E-state index in [-0.39, 0.29) is 16.1 Å². The fourth-order valence-corrected chi connectivity index (χ4v) is 4.46. The average molecular weight is 443 g/mol. The van der Waals surface area contributed by atoms with E-state index in [1.165, 1.54) is 57.8 Å². The number of nitro groups is 1. The van der Waals surface area contributed by atoms with Crippen molar-refractivity contribution >= 4 is 27.3 Å². The summed E-state index contributed by atoms with van der Waals surface area (Å²) in [6.45, 7) is 4.21. The van der Waals surface area contributed by atoms with Crippen molar-refractivity contribution in [1.29, 1.82) is 0 Å². The van der Waals surface area contributed by atoms with Crippen molar-refractivity contribution in [3.63, 3.8) is 0 Å². The second-order valence-corrected chi connectivity index (χ2v) is 8.46. The zero-order valence-corrected chi connectivity index (χ0v) is 17.7. The number of nitrogens with zero attached hydrogens (tertiary/aromatic N) is 4. The minimum Gasteiger partial charge on any atom is -0.322 e. The lowest BCUT2D eigenvalue weighted by molar-refractivity contribution is -0.384. The third-order valence-electron chi connectivity index (χ3n) is 4.60. The van der Waals surface area contributed by atoms with Gasteiger partial charge in [-0.3, -0.25) is 14.9 Å². The predicted octanol–water partition coefficient (Wildman–Crippen LogP) is 3.06. The number of nitrogens with one attached hydrogen (secondary N) is 1. The van der Waals surface area contributed by atoms with Crippen molar-refractivity contribution in [2.24, 2.45) is 0 Å². The van der Waals surface area contributed by atoms with E-state index in [1.807, 2.05) is 0 Å². The molecule has 0 bridgehead atoms. The number of nitro benzene ring substituents is 1. The van der Waals surface area contributed by atoms with Crippen molar-refractivity contribution in [3.8, 4) is 5.69 Å². The summed E-state index contributed by atoms with van der Waals surface area (Å²) in [5.41, 5.74) is 1.09. The van der Waals surface area contributed by atoms with Crippen LogP contribution in [-0.2, 0) is 10.0 Å². The van der Waals surface area contributed by atoms with Crippen LogP contribution in [0.1, 0.15) is 24.2 Å². The van der Waals surface area contributed by atoms with E-state index >= 15 is 0 Å². The Labute approximate surface area is 179 Å². The van der Waals surface area contributed by atoms with Crippen LogP contribution in [0.4, 0.5) is 11.4 Å². The topological polar surface area (TPSA) is 127 Å². The number of non-ortho nitro benzene ring substituents is 1. The molecule has 31 heavy (non-hydrogen) atoms. The standard InChI is InChI=1S/C20H21N5O5S/c1-3-23(4-2)31(29,30)19-7-5-6-16(12-19)22-20(26)15-13-21-24(14-15)17-8-10-18(11-9-17)25(27)28/h5-14H,3-4H2,1-2H3,(H,22,26). The maximum atomic E-state index is 12.7. The number of carbonyl (C=O) groups excluding carboxylic acids is 1. The van der Waals surface area contributed by atoms with Crippen LogP contribution in [0.2, 0.25) is 0 Å². The highest BCUT2D eigenvalue weighted by molar-refractivity contribution is 7.89. The molecule has 0 aliphatic carbocycles. The van der Waals surface area contributed by atoms with Gasteiger partial charge in [0, 0.05) is 37.1 Å². The fraction of sp³-hybridized carbons (Fsp3) is 0.200. The smallest absolute Gasteiger partial charge is 0.269 e. The van der Waals surface area contributed by atoms with E-state index < -0.39 is 20.9 Å². The van der Waals surface area contributed by atoms with Gasteiger partial charge in [0.1, 0.15) is 0 Å². The van der Waals surface area contributed by atoms with Crippen LogP contribution < -0.4 is 5.32 Å². The molecule has 3 rings (SSSR count). The Bertz CT molecular complexity index is 1200. The number of anilines is 1. The van der Waals surface area contributed by atoms with E-state index in [9.17, 15) is 23.3 Å². The van der Waals surface area contributed by atoms with Crippen molar-refractivity contribution < 1.29 is 18.1 Å². The van der Waals surface area contributed by atoms with Crippen molar-refractivity contribution in [2.75, 3.05) is 18.4 Å². The molecule has 1 amide bonds. The molecule has 0 atom stereocenters. The summed E-state index contributed by atoms with van der Waals surface area (Å²) in [5.74, 6) is -0.467. The highest BCUT2D eigenvalue weighted by Crippen LogP contribution is 2.20. The van der Waals surface area contributed by atoms with E-state index in [4.69, 9.17) is 0 Å². The van der Waals surface area contributed by atoms with Gasteiger partial charge in [-0.15, -0.1) is 0 Å². The van der Waals surface area contributed by atoms with Gasteiger partial charge in [0.05, 0.1) is 27.3 Å². The van der Waals surface area contributed by atoms with Gasteiger partial charge in [-0.2, -0.15) is 9.40 Å². The normalized spacial score (nSPS) is 11.5. The molecular formula is C20H21N5O5S. The number of rotatable bonds is 8. The molecule has 1 aromatic heterocycles. The number of aromatic nitrogens is 2. The highest BCUT2D eigenvalue weighted by Gasteiger charge is 2.22. The van der Waals surface area contributed by atoms with Gasteiger partial charge in [0.2, 0.25) is 10.0 Å². The molecule has 0 radical (unpaired) electrons. The van der Waals surface area contributed by atoms with Crippen molar-refractivity contribution in [1.82, 2.24) is 14.1 Å². The quantitative estimate of drug-likeness (QED) is 0.421. The summed E-state index contributed by atoms with van der Waals surface area (Å²) in [4.78, 5) is 23.0. The highest BCUT2D eigenvalue weighted by atomic mass is 32.2. The molecule has 0 aliphatic heterocycles. The summed E-state index contributed by atoms with van der Waals surface area (Å²) in [6.07, 6.45) is 2.83. The molecule has 0 saturated carbocycles. The molecule has 2 aromatic carbocycles. The second kappa shape index (κ2) is 9.06. The Kier molecular flexibility index (Phi) is 6.47. The van der Waals surface area contributed by atoms with Gasteiger partial charge < -0.3 is 5.32 Å². The molecule has 3 aromatic rings. The monoisotopic (exact) mass is 443 g/mol. The zero-order chi connectivity index (χ0) is 22.6. The molecule has 0 spiro atoms. The van der Waals surface area contributed by atoms with Crippen LogP contribution in [0, 0.1) is 10.1 Å². The number of hydrogen-bond acceptors (Lipinski definition) is 6. The molecule has 1 N–H and O–H groups in total. The van der Waals surface area contributed by atoms with E-state index in [0.717, 1.165) is 0 Å². The molecule has 11 heteroatoms. The predicted molar refractivity (Wildman–Crippen MR) is 115 cm³/mol. The minimum absolute atomic E-state index is 0.0478. The third kappa shape index (κ3) is 4.78. The molecule has 0 fully saturated rings. The Morgan fingerprint density at radius 3 is 2.45 bits per heavy atom. The number of benzene rings is 2. The Morgan fingerprint density at radius 1 is 1.16 bits per heavy atom. The van der Waals surface area contributed by atoms with Crippen molar-refractivity contribution in [2.45, 2.75) is 18.7 Å². The van der Waals surface area contributed by atoms with Gasteiger partial charge in [-0.25, -0.2) is 13.1 Å². The van der Waals surface area contributed by atoms with Gasteiger partial charge in [-0.05, 0) is 30.3 Å². The summed E-state index contributed by atoms with van der Waals surface area (Å²) in [7, 11) is -3.65. The summed E-state index contributed by atoms with van der Waals surface area (Å²) >= 11 is 0. The van der Waals surface area contributed by atoms with E-state index in [1.54, 1.807) is 26.0 Å². The minimum atomic E-state index is -3.65. The first kappa shape index (κ1) is 22.1.